The van der Waals surface area contributed by atoms with Gasteiger partial charge in [-0.2, -0.15) is 5.10 Å². The van der Waals surface area contributed by atoms with Crippen LogP contribution in [0, 0.1) is 20.8 Å². The molecule has 0 bridgehead atoms. The van der Waals surface area contributed by atoms with Gasteiger partial charge in [0.2, 0.25) is 6.79 Å². The van der Waals surface area contributed by atoms with Crippen LogP contribution in [0.4, 0.5) is 0 Å². The second-order valence-corrected chi connectivity index (χ2v) is 6.97. The monoisotopic (exact) mass is 395 g/mol. The third kappa shape index (κ3) is 3.78. The number of Topliss-reactive ketones (excluding diaryl/α,β-unsaturated/α-hetero) is 1. The molecule has 1 aliphatic rings. The zero-order valence-electron chi connectivity index (χ0n) is 16.5. The van der Waals surface area contributed by atoms with Gasteiger partial charge in [0.1, 0.15) is 0 Å². The van der Waals surface area contributed by atoms with Crippen LogP contribution in [0.15, 0.2) is 24.3 Å². The molecule has 0 saturated carbocycles. The Labute approximate surface area is 167 Å². The fourth-order valence-electron chi connectivity index (χ4n) is 3.40. The number of ether oxygens (including phenoxy) is 3. The van der Waals surface area contributed by atoms with Crippen molar-refractivity contribution in [3.8, 4) is 11.5 Å². The zero-order valence-corrected chi connectivity index (χ0v) is 16.5. The Morgan fingerprint density at radius 3 is 2.76 bits per heavy atom. The molecule has 3 aromatic rings. The summed E-state index contributed by atoms with van der Waals surface area (Å²) in [6, 6.07) is 6.81. The lowest BCUT2D eigenvalue weighted by molar-refractivity contribution is -0.142. The van der Waals surface area contributed by atoms with Gasteiger partial charge in [-0.3, -0.25) is 9.59 Å². The van der Waals surface area contributed by atoms with Crippen LogP contribution in [0.25, 0.3) is 5.65 Å². The topological polar surface area (TPSA) is 92.0 Å². The van der Waals surface area contributed by atoms with Crippen LogP contribution in [0.1, 0.15) is 39.4 Å². The normalized spacial score (nSPS) is 12.4. The van der Waals surface area contributed by atoms with Gasteiger partial charge in [0.25, 0.3) is 0 Å². The number of esters is 1. The predicted octanol–water partition coefficient (Wildman–Crippen LogP) is 2.74. The summed E-state index contributed by atoms with van der Waals surface area (Å²) in [7, 11) is 0. The molecular formula is C21H21N3O5. The van der Waals surface area contributed by atoms with Crippen molar-refractivity contribution in [1.29, 1.82) is 0 Å². The summed E-state index contributed by atoms with van der Waals surface area (Å²) < 4.78 is 17.4. The summed E-state index contributed by atoms with van der Waals surface area (Å²) in [5.74, 6) is 0.390. The molecule has 4 rings (SSSR count). The maximum Gasteiger partial charge on any atom is 0.306 e. The van der Waals surface area contributed by atoms with Gasteiger partial charge < -0.3 is 14.2 Å². The summed E-state index contributed by atoms with van der Waals surface area (Å²) in [6.07, 6.45) is 0.625. The molecule has 150 valence electrons. The lowest BCUT2D eigenvalue weighted by Crippen LogP contribution is -2.15. The highest BCUT2D eigenvalue weighted by atomic mass is 16.7. The summed E-state index contributed by atoms with van der Waals surface area (Å²) in [6.45, 7) is 5.61. The number of aromatic nitrogens is 3. The van der Waals surface area contributed by atoms with Crippen LogP contribution in [-0.2, 0) is 16.0 Å². The molecule has 8 nitrogen and oxygen atoms in total. The fraction of sp³-hybridized carbons (Fsp3) is 0.333. The van der Waals surface area contributed by atoms with Gasteiger partial charge in [-0.25, -0.2) is 9.50 Å². The van der Waals surface area contributed by atoms with Crippen LogP contribution >= 0.6 is 0 Å². The van der Waals surface area contributed by atoms with Gasteiger partial charge in [-0.15, -0.1) is 0 Å². The number of carbonyl (C=O) groups is 2. The molecular weight excluding hydrogens is 374 g/mol. The molecule has 0 amide bonds. The summed E-state index contributed by atoms with van der Waals surface area (Å²) in [4.78, 5) is 29.0. The first kappa shape index (κ1) is 18.9. The molecule has 0 spiro atoms. The maximum atomic E-state index is 12.3. The Hall–Kier alpha value is -3.42. The summed E-state index contributed by atoms with van der Waals surface area (Å²) >= 11 is 0. The average Bonchev–Trinajstić information content (AvgIpc) is 3.31. The van der Waals surface area contributed by atoms with Crippen LogP contribution in [0.3, 0.4) is 0 Å². The van der Waals surface area contributed by atoms with Crippen molar-refractivity contribution < 1.29 is 23.8 Å². The van der Waals surface area contributed by atoms with Gasteiger partial charge in [-0.05, 0) is 51.0 Å². The number of rotatable bonds is 6. The molecule has 0 saturated heterocycles. The lowest BCUT2D eigenvalue weighted by atomic mass is 10.1. The molecule has 0 fully saturated rings. The van der Waals surface area contributed by atoms with E-state index in [9.17, 15) is 9.59 Å². The Morgan fingerprint density at radius 1 is 1.14 bits per heavy atom. The van der Waals surface area contributed by atoms with Gasteiger partial charge in [0.05, 0.1) is 5.69 Å². The largest absolute Gasteiger partial charge is 0.457 e. The van der Waals surface area contributed by atoms with E-state index >= 15 is 0 Å². The van der Waals surface area contributed by atoms with E-state index in [4.69, 9.17) is 14.2 Å². The Balaban J connectivity index is 1.36. The molecule has 0 N–H and O–H groups in total. The van der Waals surface area contributed by atoms with E-state index in [-0.39, 0.29) is 25.6 Å². The number of ketones is 1. The molecule has 2 aromatic heterocycles. The Bertz CT molecular complexity index is 1120. The highest BCUT2D eigenvalue weighted by Gasteiger charge is 2.18. The quantitative estimate of drug-likeness (QED) is 0.468. The van der Waals surface area contributed by atoms with Gasteiger partial charge in [0.15, 0.2) is 29.5 Å². The van der Waals surface area contributed by atoms with E-state index in [1.165, 1.54) is 0 Å². The number of fused-ring (bicyclic) bond motifs is 2. The first-order valence-corrected chi connectivity index (χ1v) is 9.33. The molecule has 0 unspecified atom stereocenters. The minimum absolute atomic E-state index is 0.138. The number of nitrogens with zero attached hydrogens (tertiary/aromatic N) is 3. The molecule has 0 radical (unpaired) electrons. The fourth-order valence-corrected chi connectivity index (χ4v) is 3.40. The van der Waals surface area contributed by atoms with Crippen molar-refractivity contribution in [3.63, 3.8) is 0 Å². The second kappa shape index (κ2) is 7.54. The first-order chi connectivity index (χ1) is 13.9. The highest BCUT2D eigenvalue weighted by Crippen LogP contribution is 2.32. The van der Waals surface area contributed by atoms with E-state index in [2.05, 4.69) is 10.1 Å². The smallest absolute Gasteiger partial charge is 0.306 e. The van der Waals surface area contributed by atoms with Crippen molar-refractivity contribution in [1.82, 2.24) is 14.6 Å². The van der Waals surface area contributed by atoms with E-state index in [1.54, 1.807) is 22.7 Å². The number of aryl methyl sites for hydroxylation is 3. The Kier molecular flexibility index (Phi) is 4.92. The lowest BCUT2D eigenvalue weighted by Gasteiger charge is -2.11. The number of carbonyl (C=O) groups excluding carboxylic acids is 2. The van der Waals surface area contributed by atoms with Crippen molar-refractivity contribution in [2.24, 2.45) is 0 Å². The van der Waals surface area contributed by atoms with Crippen LogP contribution in [0.2, 0.25) is 0 Å². The SMILES string of the molecule is Cc1cc2nc(C)c(CCC(=O)OCC(=O)c3ccc4c(c3)OCO4)c(C)n2n1. The van der Waals surface area contributed by atoms with E-state index in [1.807, 2.05) is 26.8 Å². The van der Waals surface area contributed by atoms with E-state index in [0.29, 0.717) is 23.5 Å². The van der Waals surface area contributed by atoms with Crippen LogP contribution in [-0.4, -0.2) is 39.8 Å². The average molecular weight is 395 g/mol. The molecule has 1 aliphatic heterocycles. The maximum absolute atomic E-state index is 12.3. The third-order valence-electron chi connectivity index (χ3n) is 4.92. The van der Waals surface area contributed by atoms with Gasteiger partial charge in [-0.1, -0.05) is 0 Å². The third-order valence-corrected chi connectivity index (χ3v) is 4.92. The molecule has 29 heavy (non-hydrogen) atoms. The highest BCUT2D eigenvalue weighted by molar-refractivity contribution is 5.98. The van der Waals surface area contributed by atoms with E-state index < -0.39 is 5.97 Å². The number of benzene rings is 1. The van der Waals surface area contributed by atoms with Gasteiger partial charge >= 0.3 is 5.97 Å². The van der Waals surface area contributed by atoms with Crippen LogP contribution in [0.5, 0.6) is 11.5 Å². The minimum Gasteiger partial charge on any atom is -0.457 e. The number of hydrogen-bond acceptors (Lipinski definition) is 7. The second-order valence-electron chi connectivity index (χ2n) is 6.97. The minimum atomic E-state index is -0.436. The molecule has 0 aliphatic carbocycles. The Morgan fingerprint density at radius 2 is 1.93 bits per heavy atom. The van der Waals surface area contributed by atoms with Gasteiger partial charge in [0, 0.05) is 29.4 Å². The predicted molar refractivity (Wildman–Crippen MR) is 103 cm³/mol. The van der Waals surface area contributed by atoms with Crippen molar-refractivity contribution >= 4 is 17.4 Å². The molecule has 3 heterocycles. The molecule has 1 aromatic carbocycles. The van der Waals surface area contributed by atoms with Crippen molar-refractivity contribution in [3.05, 3.63) is 52.5 Å². The molecule has 0 atom stereocenters. The number of hydrogen-bond donors (Lipinski definition) is 0. The first-order valence-electron chi connectivity index (χ1n) is 9.33. The zero-order chi connectivity index (χ0) is 20.5. The van der Waals surface area contributed by atoms with Crippen LogP contribution < -0.4 is 9.47 Å². The van der Waals surface area contributed by atoms with Crippen molar-refractivity contribution in [2.45, 2.75) is 33.6 Å². The standard InChI is InChI=1S/C21H21N3O5/c1-12-8-20-22-13(2)16(14(3)24(20)23-12)5-7-21(26)27-10-17(25)15-4-6-18-19(9-15)29-11-28-18/h4,6,8-9H,5,7,10-11H2,1-3H3. The molecule has 8 heteroatoms. The van der Waals surface area contributed by atoms with E-state index in [0.717, 1.165) is 28.3 Å². The summed E-state index contributed by atoms with van der Waals surface area (Å²) in [5, 5.41) is 4.43. The van der Waals surface area contributed by atoms with Crippen molar-refractivity contribution in [2.75, 3.05) is 13.4 Å². The summed E-state index contributed by atoms with van der Waals surface area (Å²) in [5.41, 5.74) is 4.86.